The first-order chi connectivity index (χ1) is 30.5. The molecular weight excluding hydrogens is 825 g/mol. The smallest absolute Gasteiger partial charge is 0.269 e. The average Bonchev–Trinajstić information content (AvgIpc) is 3.30. The molecule has 2 aliphatic rings. The fraction of sp³-hybridized carbons (Fsp3) is 0.415. The van der Waals surface area contributed by atoms with E-state index in [9.17, 15) is 25.3 Å². The second-order valence-electron chi connectivity index (χ2n) is 19.3. The van der Waals surface area contributed by atoms with Crippen LogP contribution in [0.5, 0.6) is 11.5 Å². The number of carbonyl (C=O) groups excluding carboxylic acids is 3. The zero-order valence-corrected chi connectivity index (χ0v) is 39.1. The number of nitro groups is 2. The number of Topliss-reactive ketones (excluding diaryl/α,β-unsaturated/α-hetero) is 3. The van der Waals surface area contributed by atoms with Crippen molar-refractivity contribution in [2.45, 2.75) is 114 Å². The minimum atomic E-state index is -1.68. The first-order valence-electron chi connectivity index (χ1n) is 22.0. The van der Waals surface area contributed by atoms with Gasteiger partial charge in [-0.3, -0.25) is 34.6 Å². The summed E-state index contributed by atoms with van der Waals surface area (Å²) in [5, 5.41) is 35.9. The molecule has 0 amide bonds. The average molecular weight is 887 g/mol. The quantitative estimate of drug-likeness (QED) is 0.0304. The highest BCUT2D eigenvalue weighted by molar-refractivity contribution is 6.34. The monoisotopic (exact) mass is 886 g/mol. The van der Waals surface area contributed by atoms with E-state index in [1.807, 2.05) is 54.5 Å². The van der Waals surface area contributed by atoms with Crippen molar-refractivity contribution in [3.63, 3.8) is 0 Å². The van der Waals surface area contributed by atoms with Gasteiger partial charge in [-0.15, -0.1) is 0 Å². The Morgan fingerprint density at radius 3 is 1.88 bits per heavy atom. The van der Waals surface area contributed by atoms with Crippen LogP contribution in [0.25, 0.3) is 0 Å². The molecule has 0 aromatic heterocycles. The van der Waals surface area contributed by atoms with Crippen LogP contribution >= 0.6 is 0 Å². The van der Waals surface area contributed by atoms with Gasteiger partial charge in [-0.1, -0.05) is 85.2 Å². The Morgan fingerprint density at radius 2 is 1.35 bits per heavy atom. The Kier molecular flexibility index (Phi) is 15.4. The van der Waals surface area contributed by atoms with E-state index in [0.29, 0.717) is 24.0 Å². The SMILES string of the molecule is C=C(C)C(CC=C(C)C)CC12CC(CC=C(C)C)C(C)(C)CC(CC=C(C)C)(C(=O)C(C(=O)c3ccc(OCc4cccc([N+](=O)[O-])c4)c(OCc4cccc([N+](=O)[O-])c4)c3)=C1O)C2=O. The molecule has 0 saturated heterocycles. The van der Waals surface area contributed by atoms with Crippen LogP contribution in [0, 0.1) is 48.3 Å². The summed E-state index contributed by atoms with van der Waals surface area (Å²) < 4.78 is 12.3. The molecule has 4 atom stereocenters. The van der Waals surface area contributed by atoms with Gasteiger partial charge in [0.25, 0.3) is 11.4 Å². The summed E-state index contributed by atoms with van der Waals surface area (Å²) in [6, 6.07) is 16.1. The minimum absolute atomic E-state index is 0.0309. The lowest BCUT2D eigenvalue weighted by Gasteiger charge is -2.45. The third-order valence-corrected chi connectivity index (χ3v) is 12.9. The summed E-state index contributed by atoms with van der Waals surface area (Å²) in [5.41, 5.74) is 0.176. The molecule has 2 bridgehead atoms. The van der Waals surface area contributed by atoms with Crippen LogP contribution in [-0.2, 0) is 22.8 Å². The first-order valence-corrected chi connectivity index (χ1v) is 22.0. The molecule has 0 radical (unpaired) electrons. The van der Waals surface area contributed by atoms with Crippen molar-refractivity contribution in [1.82, 2.24) is 0 Å². The van der Waals surface area contributed by atoms with Crippen molar-refractivity contribution in [2.75, 3.05) is 0 Å². The molecule has 5 rings (SSSR count). The Labute approximate surface area is 382 Å². The molecule has 0 heterocycles. The predicted molar refractivity (Wildman–Crippen MR) is 252 cm³/mol. The number of carbonyl (C=O) groups is 3. The number of rotatable bonds is 19. The molecule has 65 heavy (non-hydrogen) atoms. The highest BCUT2D eigenvalue weighted by atomic mass is 16.6. The zero-order valence-electron chi connectivity index (χ0n) is 39.1. The van der Waals surface area contributed by atoms with Gasteiger partial charge in [-0.05, 0) is 134 Å². The minimum Gasteiger partial charge on any atom is -0.510 e. The van der Waals surface area contributed by atoms with Gasteiger partial charge < -0.3 is 14.6 Å². The van der Waals surface area contributed by atoms with Crippen molar-refractivity contribution >= 4 is 28.7 Å². The topological polar surface area (TPSA) is 176 Å². The fourth-order valence-electron chi connectivity index (χ4n) is 9.25. The van der Waals surface area contributed by atoms with Gasteiger partial charge in [0.05, 0.1) is 20.7 Å². The highest BCUT2D eigenvalue weighted by Crippen LogP contribution is 2.62. The van der Waals surface area contributed by atoms with E-state index >= 15 is 14.4 Å². The van der Waals surface area contributed by atoms with Crippen molar-refractivity contribution < 1.29 is 38.8 Å². The molecule has 0 spiro atoms. The lowest BCUT2D eigenvalue weighted by Crippen LogP contribution is -2.55. The molecule has 344 valence electrons. The van der Waals surface area contributed by atoms with E-state index < -0.39 is 49.0 Å². The van der Waals surface area contributed by atoms with E-state index in [1.165, 1.54) is 54.6 Å². The number of fused-ring (bicyclic) bond motifs is 2. The van der Waals surface area contributed by atoms with Crippen molar-refractivity contribution in [1.29, 1.82) is 0 Å². The predicted octanol–water partition coefficient (Wildman–Crippen LogP) is 12.9. The number of benzene rings is 3. The summed E-state index contributed by atoms with van der Waals surface area (Å²) in [4.78, 5) is 68.6. The number of nitro benzene ring substituents is 2. The Bertz CT molecular complexity index is 2510. The van der Waals surface area contributed by atoms with Crippen LogP contribution in [0.4, 0.5) is 11.4 Å². The Hall–Kier alpha value is -6.43. The maximum Gasteiger partial charge on any atom is 0.269 e. The molecule has 3 aromatic carbocycles. The molecule has 12 heteroatoms. The number of ketones is 3. The van der Waals surface area contributed by atoms with Gasteiger partial charge in [-0.25, -0.2) is 0 Å². The highest BCUT2D eigenvalue weighted by Gasteiger charge is 2.66. The molecule has 2 aliphatic carbocycles. The normalized spacial score (nSPS) is 20.5. The summed E-state index contributed by atoms with van der Waals surface area (Å²) in [6.07, 6.45) is 7.78. The van der Waals surface area contributed by atoms with Crippen LogP contribution in [0.1, 0.15) is 122 Å². The molecule has 1 saturated carbocycles. The molecule has 4 unspecified atom stereocenters. The number of aliphatic hydroxyl groups excluding tert-OH is 1. The van der Waals surface area contributed by atoms with E-state index in [2.05, 4.69) is 32.6 Å². The standard InChI is InChI=1S/C53H62N2O10/c1-33(2)17-19-40(36(7)8)28-53-29-41(21-18-34(3)4)51(9,10)32-52(50(53)59,24-23-35(5)6)48(57)46(49(53)58)47(56)39-20-22-44(64-30-37-13-11-15-42(25-37)54(60)61)45(27-39)65-31-38-14-12-16-43(26-38)55(62)63/h11-18,20,22-23,25-27,40-41,58H,7,19,21,24,28-32H2,1-6,8-10H3. The number of hydrogen-bond donors (Lipinski definition) is 1. The van der Waals surface area contributed by atoms with Crippen molar-refractivity contribution in [3.8, 4) is 11.5 Å². The van der Waals surface area contributed by atoms with Gasteiger partial charge in [0.1, 0.15) is 24.5 Å². The lowest BCUT2D eigenvalue weighted by molar-refractivity contribution is -0.385. The molecule has 12 nitrogen and oxygen atoms in total. The largest absolute Gasteiger partial charge is 0.510 e. The summed E-state index contributed by atoms with van der Waals surface area (Å²) >= 11 is 0. The molecular formula is C53H62N2O10. The van der Waals surface area contributed by atoms with Crippen molar-refractivity contribution in [3.05, 3.63) is 162 Å². The van der Waals surface area contributed by atoms with Crippen LogP contribution < -0.4 is 9.47 Å². The third-order valence-electron chi connectivity index (χ3n) is 12.9. The molecule has 0 aliphatic heterocycles. The number of non-ortho nitro benzene ring substituents is 2. The third kappa shape index (κ3) is 11.1. The van der Waals surface area contributed by atoms with Gasteiger partial charge in [0.2, 0.25) is 0 Å². The van der Waals surface area contributed by atoms with Crippen LogP contribution in [0.2, 0.25) is 0 Å². The lowest BCUT2D eigenvalue weighted by atomic mass is 9.54. The van der Waals surface area contributed by atoms with Crippen LogP contribution in [0.15, 0.2) is 125 Å². The van der Waals surface area contributed by atoms with E-state index in [0.717, 1.165) is 22.3 Å². The second kappa shape index (κ2) is 20.2. The van der Waals surface area contributed by atoms with Gasteiger partial charge >= 0.3 is 0 Å². The number of nitrogens with zero attached hydrogens (tertiary/aromatic N) is 2. The Morgan fingerprint density at radius 1 is 0.800 bits per heavy atom. The van der Waals surface area contributed by atoms with E-state index in [-0.39, 0.29) is 85.0 Å². The number of allylic oxidation sites excluding steroid dienone is 9. The summed E-state index contributed by atoms with van der Waals surface area (Å²) in [7, 11) is 0. The Balaban J connectivity index is 1.73. The number of hydrogen-bond acceptors (Lipinski definition) is 10. The molecule has 1 fully saturated rings. The van der Waals surface area contributed by atoms with Crippen LogP contribution in [0.3, 0.4) is 0 Å². The van der Waals surface area contributed by atoms with E-state index in [1.54, 1.807) is 12.1 Å². The van der Waals surface area contributed by atoms with Crippen molar-refractivity contribution in [2.24, 2.45) is 28.1 Å². The second-order valence-corrected chi connectivity index (χ2v) is 19.3. The first kappa shape index (κ1) is 49.6. The zero-order chi connectivity index (χ0) is 48.0. The summed E-state index contributed by atoms with van der Waals surface area (Å²) in [5.74, 6) is -2.69. The van der Waals surface area contributed by atoms with Gasteiger partial charge in [-0.2, -0.15) is 0 Å². The summed E-state index contributed by atoms with van der Waals surface area (Å²) in [6.45, 7) is 21.9. The van der Waals surface area contributed by atoms with Gasteiger partial charge in [0.15, 0.2) is 28.8 Å². The number of ether oxygens (including phenoxy) is 2. The van der Waals surface area contributed by atoms with Crippen LogP contribution in [-0.4, -0.2) is 32.3 Å². The number of aliphatic hydroxyl groups is 1. The van der Waals surface area contributed by atoms with E-state index in [4.69, 9.17) is 9.47 Å². The molecule has 1 N–H and O–H groups in total. The maximum absolute atomic E-state index is 15.8. The maximum atomic E-state index is 15.8. The van der Waals surface area contributed by atoms with Gasteiger partial charge in [0, 0.05) is 29.8 Å². The molecule has 3 aromatic rings. The fourth-order valence-corrected chi connectivity index (χ4v) is 9.25.